The Balaban J connectivity index is 1.98. The first-order valence-corrected chi connectivity index (χ1v) is 6.59. The molecule has 1 heterocycles. The molecular weight excluding hydrogens is 245 g/mol. The third-order valence-corrected chi connectivity index (χ3v) is 4.36. The van der Waals surface area contributed by atoms with Crippen molar-refractivity contribution in [3.05, 3.63) is 35.6 Å². The molecule has 100 valence electrons. The summed E-state index contributed by atoms with van der Waals surface area (Å²) >= 11 is 0. The highest BCUT2D eigenvalue weighted by Gasteiger charge is 2.55. The van der Waals surface area contributed by atoms with Gasteiger partial charge in [0.2, 0.25) is 11.8 Å². The average Bonchev–Trinajstić information content (AvgIpc) is 2.28. The molecule has 2 amide bonds. The SMILES string of the molecule is CC1CC2(CC(=O)NC(=O)C2c2ccc(F)cc2)C1. The van der Waals surface area contributed by atoms with Gasteiger partial charge in [-0.2, -0.15) is 0 Å². The Morgan fingerprint density at radius 3 is 2.42 bits per heavy atom. The standard InChI is InChI=1S/C15H16FNO2/c1-9-6-15(7-9)8-12(18)17-14(19)13(15)10-2-4-11(16)5-3-10/h2-5,9,13H,6-8H2,1H3,(H,17,18,19). The zero-order valence-electron chi connectivity index (χ0n) is 10.8. The molecule has 1 unspecified atom stereocenters. The molecule has 2 fully saturated rings. The number of rotatable bonds is 1. The lowest BCUT2D eigenvalue weighted by Gasteiger charge is -2.52. The van der Waals surface area contributed by atoms with E-state index in [1.807, 2.05) is 0 Å². The van der Waals surface area contributed by atoms with Crippen LogP contribution in [0, 0.1) is 17.2 Å². The van der Waals surface area contributed by atoms with E-state index in [2.05, 4.69) is 12.2 Å². The van der Waals surface area contributed by atoms with Crippen LogP contribution >= 0.6 is 0 Å². The molecule has 1 spiro atoms. The van der Waals surface area contributed by atoms with Crippen molar-refractivity contribution in [2.45, 2.75) is 32.1 Å². The quantitative estimate of drug-likeness (QED) is 0.789. The number of imide groups is 1. The molecule has 0 aromatic heterocycles. The lowest BCUT2D eigenvalue weighted by molar-refractivity contribution is -0.145. The predicted molar refractivity (Wildman–Crippen MR) is 67.7 cm³/mol. The second-order valence-corrected chi connectivity index (χ2v) is 5.95. The highest BCUT2D eigenvalue weighted by atomic mass is 19.1. The van der Waals surface area contributed by atoms with Crippen molar-refractivity contribution < 1.29 is 14.0 Å². The second kappa shape index (κ2) is 4.15. The van der Waals surface area contributed by atoms with Crippen molar-refractivity contribution in [1.82, 2.24) is 5.32 Å². The maximum atomic E-state index is 13.0. The highest BCUT2D eigenvalue weighted by molar-refractivity contribution is 6.02. The van der Waals surface area contributed by atoms with E-state index in [1.54, 1.807) is 12.1 Å². The molecule has 2 aliphatic rings. The third kappa shape index (κ3) is 1.95. The van der Waals surface area contributed by atoms with Crippen molar-refractivity contribution in [1.29, 1.82) is 0 Å². The average molecular weight is 261 g/mol. The topological polar surface area (TPSA) is 46.2 Å². The van der Waals surface area contributed by atoms with Crippen LogP contribution in [0.15, 0.2) is 24.3 Å². The van der Waals surface area contributed by atoms with Crippen LogP contribution in [0.4, 0.5) is 4.39 Å². The molecule has 0 bridgehead atoms. The minimum Gasteiger partial charge on any atom is -0.296 e. The first-order chi connectivity index (χ1) is 9.00. The Labute approximate surface area is 111 Å². The molecular formula is C15H16FNO2. The summed E-state index contributed by atoms with van der Waals surface area (Å²) in [6, 6.07) is 6.05. The van der Waals surface area contributed by atoms with Crippen molar-refractivity contribution >= 4 is 11.8 Å². The molecule has 1 saturated heterocycles. The van der Waals surface area contributed by atoms with Crippen molar-refractivity contribution in [3.63, 3.8) is 0 Å². The summed E-state index contributed by atoms with van der Waals surface area (Å²) in [5.41, 5.74) is 0.551. The van der Waals surface area contributed by atoms with Gasteiger partial charge in [-0.25, -0.2) is 4.39 Å². The smallest absolute Gasteiger partial charge is 0.234 e. The van der Waals surface area contributed by atoms with Crippen molar-refractivity contribution in [3.8, 4) is 0 Å². The minimum atomic E-state index is -0.331. The minimum absolute atomic E-state index is 0.185. The number of piperidine rings is 1. The lowest BCUT2D eigenvalue weighted by Crippen LogP contribution is -2.55. The highest BCUT2D eigenvalue weighted by Crippen LogP contribution is 2.58. The van der Waals surface area contributed by atoms with E-state index in [1.165, 1.54) is 12.1 Å². The first kappa shape index (κ1) is 12.3. The molecule has 3 nitrogen and oxygen atoms in total. The van der Waals surface area contributed by atoms with Crippen LogP contribution in [0.5, 0.6) is 0 Å². The fraction of sp³-hybridized carbons (Fsp3) is 0.467. The van der Waals surface area contributed by atoms with Crippen LogP contribution in [0.25, 0.3) is 0 Å². The summed E-state index contributed by atoms with van der Waals surface area (Å²) in [5.74, 6) is -0.527. The predicted octanol–water partition coefficient (Wildman–Crippen LogP) is 2.37. The summed E-state index contributed by atoms with van der Waals surface area (Å²) in [6.07, 6.45) is 2.16. The largest absolute Gasteiger partial charge is 0.296 e. The van der Waals surface area contributed by atoms with E-state index in [9.17, 15) is 14.0 Å². The second-order valence-electron chi connectivity index (χ2n) is 5.95. The Kier molecular flexibility index (Phi) is 2.69. The molecule has 1 saturated carbocycles. The Bertz CT molecular complexity index is 532. The van der Waals surface area contributed by atoms with Crippen LogP contribution in [0.2, 0.25) is 0 Å². The van der Waals surface area contributed by atoms with E-state index in [4.69, 9.17) is 0 Å². The molecule has 19 heavy (non-hydrogen) atoms. The summed E-state index contributed by atoms with van der Waals surface area (Å²) in [7, 11) is 0. The van der Waals surface area contributed by atoms with Gasteiger partial charge >= 0.3 is 0 Å². The van der Waals surface area contributed by atoms with Gasteiger partial charge in [0.15, 0.2) is 0 Å². The van der Waals surface area contributed by atoms with Gasteiger partial charge in [0.25, 0.3) is 0 Å². The maximum absolute atomic E-state index is 13.0. The number of nitrogens with one attached hydrogen (secondary N) is 1. The molecule has 3 rings (SSSR count). The Morgan fingerprint density at radius 1 is 1.21 bits per heavy atom. The van der Waals surface area contributed by atoms with Crippen LogP contribution in [0.3, 0.4) is 0 Å². The van der Waals surface area contributed by atoms with Gasteiger partial charge in [0.05, 0.1) is 5.92 Å². The molecule has 1 atom stereocenters. The summed E-state index contributed by atoms with van der Waals surface area (Å²) < 4.78 is 13.0. The number of benzene rings is 1. The molecule has 0 radical (unpaired) electrons. The molecule has 1 aromatic rings. The molecule has 1 aliphatic heterocycles. The van der Waals surface area contributed by atoms with E-state index in [0.29, 0.717) is 12.3 Å². The first-order valence-electron chi connectivity index (χ1n) is 6.59. The van der Waals surface area contributed by atoms with Gasteiger partial charge in [-0.3, -0.25) is 14.9 Å². The van der Waals surface area contributed by atoms with Gasteiger partial charge in [-0.05, 0) is 41.9 Å². The third-order valence-electron chi connectivity index (χ3n) is 4.36. The van der Waals surface area contributed by atoms with Crippen LogP contribution < -0.4 is 5.32 Å². The number of amides is 2. The molecule has 1 aromatic carbocycles. The van der Waals surface area contributed by atoms with E-state index in [0.717, 1.165) is 18.4 Å². The number of carbonyl (C=O) groups excluding carboxylic acids is 2. The Hall–Kier alpha value is -1.71. The van der Waals surface area contributed by atoms with Crippen LogP contribution in [0.1, 0.15) is 37.7 Å². The van der Waals surface area contributed by atoms with Crippen LogP contribution in [-0.2, 0) is 9.59 Å². The fourth-order valence-electron chi connectivity index (χ4n) is 3.82. The normalized spacial score (nSPS) is 34.0. The number of hydrogen-bond donors (Lipinski definition) is 1. The van der Waals surface area contributed by atoms with E-state index in [-0.39, 0.29) is 29.0 Å². The monoisotopic (exact) mass is 261 g/mol. The van der Waals surface area contributed by atoms with E-state index >= 15 is 0 Å². The molecule has 1 N–H and O–H groups in total. The number of halogens is 1. The maximum Gasteiger partial charge on any atom is 0.234 e. The van der Waals surface area contributed by atoms with Gasteiger partial charge in [0, 0.05) is 6.42 Å². The summed E-state index contributed by atoms with van der Waals surface area (Å²) in [5, 5.41) is 2.41. The van der Waals surface area contributed by atoms with Crippen molar-refractivity contribution in [2.75, 3.05) is 0 Å². The number of hydrogen-bond acceptors (Lipinski definition) is 2. The number of carbonyl (C=O) groups is 2. The Morgan fingerprint density at radius 2 is 1.84 bits per heavy atom. The van der Waals surface area contributed by atoms with Crippen molar-refractivity contribution in [2.24, 2.45) is 11.3 Å². The van der Waals surface area contributed by atoms with Gasteiger partial charge in [-0.1, -0.05) is 19.1 Å². The molecule has 1 aliphatic carbocycles. The fourth-order valence-corrected chi connectivity index (χ4v) is 3.82. The van der Waals surface area contributed by atoms with E-state index < -0.39 is 0 Å². The zero-order valence-corrected chi connectivity index (χ0v) is 10.8. The lowest BCUT2D eigenvalue weighted by atomic mass is 9.52. The summed E-state index contributed by atoms with van der Waals surface area (Å²) in [6.45, 7) is 2.13. The zero-order chi connectivity index (χ0) is 13.6. The van der Waals surface area contributed by atoms with Gasteiger partial charge in [0.1, 0.15) is 5.82 Å². The van der Waals surface area contributed by atoms with Crippen LogP contribution in [-0.4, -0.2) is 11.8 Å². The summed E-state index contributed by atoms with van der Waals surface area (Å²) in [4.78, 5) is 23.8. The molecule has 4 heteroatoms. The van der Waals surface area contributed by atoms with Gasteiger partial charge < -0.3 is 0 Å². The van der Waals surface area contributed by atoms with Gasteiger partial charge in [-0.15, -0.1) is 0 Å².